The molecule has 3 heterocycles. The highest BCUT2D eigenvalue weighted by Crippen LogP contribution is 2.27. The summed E-state index contributed by atoms with van der Waals surface area (Å²) in [6.07, 6.45) is 3.75. The van der Waals surface area contributed by atoms with Crippen molar-refractivity contribution in [1.82, 2.24) is 14.9 Å². The third-order valence-corrected chi connectivity index (χ3v) is 6.55. The third-order valence-electron chi connectivity index (χ3n) is 6.31. The van der Waals surface area contributed by atoms with Gasteiger partial charge in [0.15, 0.2) is 5.78 Å². The Bertz CT molecular complexity index is 1440. The molecule has 0 saturated heterocycles. The number of aromatic nitrogens is 2. The Morgan fingerprint density at radius 1 is 0.892 bits per heavy atom. The van der Waals surface area contributed by atoms with Gasteiger partial charge in [0.05, 0.1) is 6.04 Å². The summed E-state index contributed by atoms with van der Waals surface area (Å²) in [5.41, 5.74) is 3.19. The van der Waals surface area contributed by atoms with Gasteiger partial charge in [0, 0.05) is 53.6 Å². The molecule has 2 aromatic carbocycles. The van der Waals surface area contributed by atoms with E-state index in [0.717, 1.165) is 16.8 Å². The first-order valence-corrected chi connectivity index (χ1v) is 12.2. The van der Waals surface area contributed by atoms with E-state index in [1.54, 1.807) is 71.9 Å². The number of Topliss-reactive ketones (excluding diaryl/α,β-unsaturated/α-hetero) is 1. The minimum atomic E-state index is -0.694. The number of hydrogen-bond donors (Lipinski definition) is 1. The van der Waals surface area contributed by atoms with E-state index in [-0.39, 0.29) is 30.6 Å². The van der Waals surface area contributed by atoms with Crippen LogP contribution in [0.15, 0.2) is 91.3 Å². The van der Waals surface area contributed by atoms with Crippen LogP contribution in [-0.4, -0.2) is 38.5 Å². The van der Waals surface area contributed by atoms with Crippen LogP contribution >= 0.6 is 11.6 Å². The molecule has 0 fully saturated rings. The van der Waals surface area contributed by atoms with Crippen LogP contribution in [0.3, 0.4) is 0 Å². The van der Waals surface area contributed by atoms with Crippen LogP contribution in [-0.2, 0) is 24.2 Å². The molecule has 0 radical (unpaired) electrons. The van der Waals surface area contributed by atoms with Crippen LogP contribution in [0.25, 0.3) is 0 Å². The molecule has 8 heteroatoms. The van der Waals surface area contributed by atoms with Gasteiger partial charge in [-0.05, 0) is 71.8 Å². The molecule has 1 atom stereocenters. The van der Waals surface area contributed by atoms with E-state index in [1.165, 1.54) is 0 Å². The highest BCUT2D eigenvalue weighted by Gasteiger charge is 2.34. The van der Waals surface area contributed by atoms with Gasteiger partial charge in [-0.25, -0.2) is 4.98 Å². The van der Waals surface area contributed by atoms with Crippen molar-refractivity contribution in [3.05, 3.63) is 124 Å². The fourth-order valence-corrected chi connectivity index (χ4v) is 4.59. The molecule has 37 heavy (non-hydrogen) atoms. The zero-order valence-corrected chi connectivity index (χ0v) is 20.6. The molecule has 5 rings (SSSR count). The second-order valence-electron chi connectivity index (χ2n) is 8.78. The number of nitrogens with one attached hydrogen (secondary N) is 1. The lowest BCUT2D eigenvalue weighted by atomic mass is 9.99. The molecule has 1 aliphatic rings. The van der Waals surface area contributed by atoms with Gasteiger partial charge >= 0.3 is 0 Å². The molecule has 2 aromatic heterocycles. The van der Waals surface area contributed by atoms with Gasteiger partial charge in [-0.15, -0.1) is 0 Å². The number of ketones is 1. The number of carbonyl (C=O) groups is 3. The molecular formula is C29H23ClN4O3. The molecule has 4 aromatic rings. The number of halogens is 1. The van der Waals surface area contributed by atoms with E-state index in [9.17, 15) is 14.4 Å². The first-order valence-electron chi connectivity index (χ1n) is 11.8. The van der Waals surface area contributed by atoms with Crippen LogP contribution < -0.4 is 5.32 Å². The predicted molar refractivity (Wildman–Crippen MR) is 140 cm³/mol. The van der Waals surface area contributed by atoms with E-state index < -0.39 is 6.04 Å². The van der Waals surface area contributed by atoms with Gasteiger partial charge < -0.3 is 10.2 Å². The van der Waals surface area contributed by atoms with Crippen molar-refractivity contribution >= 4 is 35.0 Å². The van der Waals surface area contributed by atoms with Crippen LogP contribution in [0, 0.1) is 0 Å². The highest BCUT2D eigenvalue weighted by molar-refractivity contribution is 6.30. The summed E-state index contributed by atoms with van der Waals surface area (Å²) in [6, 6.07) is 21.9. The summed E-state index contributed by atoms with van der Waals surface area (Å²) < 4.78 is 0. The van der Waals surface area contributed by atoms with Crippen molar-refractivity contribution in [3.63, 3.8) is 0 Å². The summed E-state index contributed by atoms with van der Waals surface area (Å²) in [7, 11) is 0. The normalized spacial score (nSPS) is 15.0. The molecule has 184 valence electrons. The van der Waals surface area contributed by atoms with Gasteiger partial charge in [0.25, 0.3) is 11.8 Å². The lowest BCUT2D eigenvalue weighted by Crippen LogP contribution is -2.45. The number of pyridine rings is 2. The van der Waals surface area contributed by atoms with Gasteiger partial charge in [-0.2, -0.15) is 0 Å². The maximum absolute atomic E-state index is 13.8. The minimum Gasteiger partial charge on any atom is -0.324 e. The average Bonchev–Trinajstić information content (AvgIpc) is 3.05. The van der Waals surface area contributed by atoms with Crippen molar-refractivity contribution in [2.75, 3.05) is 5.32 Å². The minimum absolute atomic E-state index is 0.0774. The molecular weight excluding hydrogens is 488 g/mol. The Hall–Kier alpha value is -4.36. The standard InChI is InChI=1S/C29H23ClN4O3/c30-23-12-11-21-18-34(25(26(35)16-22(21)15-23)17-24-5-1-3-13-31-24)29(37)20-9-7-19(8-10-20)28(36)33-27-6-2-4-14-32-27/h1-15,25H,16-18H2,(H,32,33,36)/t25-/m1/s1. The molecule has 1 N–H and O–H groups in total. The van der Waals surface area contributed by atoms with Crippen LogP contribution in [0.4, 0.5) is 5.82 Å². The van der Waals surface area contributed by atoms with Gasteiger partial charge in [-0.3, -0.25) is 19.4 Å². The van der Waals surface area contributed by atoms with Gasteiger partial charge in [0.1, 0.15) is 5.82 Å². The Morgan fingerprint density at radius 3 is 2.32 bits per heavy atom. The zero-order chi connectivity index (χ0) is 25.8. The Morgan fingerprint density at radius 2 is 1.62 bits per heavy atom. The maximum atomic E-state index is 13.8. The number of hydrogen-bond acceptors (Lipinski definition) is 5. The summed E-state index contributed by atoms with van der Waals surface area (Å²) >= 11 is 6.19. The van der Waals surface area contributed by atoms with E-state index in [4.69, 9.17) is 11.6 Å². The molecule has 2 amide bonds. The number of carbonyl (C=O) groups excluding carboxylic acids is 3. The van der Waals surface area contributed by atoms with E-state index in [2.05, 4.69) is 15.3 Å². The smallest absolute Gasteiger partial charge is 0.256 e. The summed E-state index contributed by atoms with van der Waals surface area (Å²) in [5, 5.41) is 3.27. The molecule has 1 aliphatic heterocycles. The number of benzene rings is 2. The number of fused-ring (bicyclic) bond motifs is 1. The number of anilines is 1. The lowest BCUT2D eigenvalue weighted by molar-refractivity contribution is -0.122. The third kappa shape index (κ3) is 5.57. The fourth-order valence-electron chi connectivity index (χ4n) is 4.40. The molecule has 0 aliphatic carbocycles. The Kier molecular flexibility index (Phi) is 7.05. The number of rotatable bonds is 5. The molecule has 0 unspecified atom stereocenters. The topological polar surface area (TPSA) is 92.3 Å². The highest BCUT2D eigenvalue weighted by atomic mass is 35.5. The maximum Gasteiger partial charge on any atom is 0.256 e. The Labute approximate surface area is 219 Å². The summed E-state index contributed by atoms with van der Waals surface area (Å²) in [6.45, 7) is 0.260. The molecule has 0 saturated carbocycles. The van der Waals surface area contributed by atoms with E-state index >= 15 is 0 Å². The van der Waals surface area contributed by atoms with Crippen molar-refractivity contribution in [3.8, 4) is 0 Å². The average molecular weight is 511 g/mol. The van der Waals surface area contributed by atoms with Crippen molar-refractivity contribution in [2.24, 2.45) is 0 Å². The van der Waals surface area contributed by atoms with Gasteiger partial charge in [-0.1, -0.05) is 29.8 Å². The second-order valence-corrected chi connectivity index (χ2v) is 9.21. The SMILES string of the molecule is O=C(Nc1ccccn1)c1ccc(C(=O)N2Cc3ccc(Cl)cc3CC(=O)[C@H]2Cc2ccccn2)cc1. The molecule has 0 bridgehead atoms. The molecule has 0 spiro atoms. The number of amides is 2. The zero-order valence-electron chi connectivity index (χ0n) is 19.8. The first kappa shape index (κ1) is 24.3. The van der Waals surface area contributed by atoms with Crippen molar-refractivity contribution < 1.29 is 14.4 Å². The number of nitrogens with zero attached hydrogens (tertiary/aromatic N) is 3. The summed E-state index contributed by atoms with van der Waals surface area (Å²) in [4.78, 5) is 49.9. The predicted octanol–water partition coefficient (Wildman–Crippen LogP) is 4.76. The second kappa shape index (κ2) is 10.7. The first-order chi connectivity index (χ1) is 18.0. The van der Waals surface area contributed by atoms with Crippen LogP contribution in [0.1, 0.15) is 37.5 Å². The van der Waals surface area contributed by atoms with Crippen molar-refractivity contribution in [1.29, 1.82) is 0 Å². The van der Waals surface area contributed by atoms with E-state index in [1.807, 2.05) is 24.3 Å². The van der Waals surface area contributed by atoms with Gasteiger partial charge in [0.2, 0.25) is 0 Å². The monoisotopic (exact) mass is 510 g/mol. The molecule has 7 nitrogen and oxygen atoms in total. The van der Waals surface area contributed by atoms with Crippen LogP contribution in [0.2, 0.25) is 5.02 Å². The van der Waals surface area contributed by atoms with E-state index in [0.29, 0.717) is 28.4 Å². The quantitative estimate of drug-likeness (QED) is 0.418. The van der Waals surface area contributed by atoms with Crippen LogP contribution in [0.5, 0.6) is 0 Å². The van der Waals surface area contributed by atoms with Crippen molar-refractivity contribution in [2.45, 2.75) is 25.4 Å². The fraction of sp³-hybridized carbons (Fsp3) is 0.138. The summed E-state index contributed by atoms with van der Waals surface area (Å²) in [5.74, 6) is -0.270. The Balaban J connectivity index is 1.42. The largest absolute Gasteiger partial charge is 0.324 e. The lowest BCUT2D eigenvalue weighted by Gasteiger charge is -2.29.